The number of hydrogen-bond acceptors (Lipinski definition) is 5. The zero-order valence-electron chi connectivity index (χ0n) is 10.7. The number of rotatable bonds is 1. The standard InChI is InChI=1S/C12H12BrN5S/c1-5-4-8-10(15-12(14)16-11(8)19-5)18-7(3)9(13)6(2)17-18/h4H,1-3H3,(H2,14,15,16). The summed E-state index contributed by atoms with van der Waals surface area (Å²) in [6, 6.07) is 2.07. The summed E-state index contributed by atoms with van der Waals surface area (Å²) in [6.45, 7) is 5.99. The van der Waals surface area contributed by atoms with Gasteiger partial charge in [0.05, 0.1) is 21.2 Å². The number of aromatic nitrogens is 4. The van der Waals surface area contributed by atoms with E-state index < -0.39 is 0 Å². The maximum absolute atomic E-state index is 5.80. The minimum absolute atomic E-state index is 0.271. The van der Waals surface area contributed by atoms with E-state index in [0.717, 1.165) is 31.9 Å². The van der Waals surface area contributed by atoms with Crippen LogP contribution in [0.3, 0.4) is 0 Å². The van der Waals surface area contributed by atoms with E-state index in [9.17, 15) is 0 Å². The highest BCUT2D eigenvalue weighted by Gasteiger charge is 2.16. The Bertz CT molecular complexity index is 789. The fourth-order valence-electron chi connectivity index (χ4n) is 2.03. The van der Waals surface area contributed by atoms with Gasteiger partial charge < -0.3 is 5.73 Å². The van der Waals surface area contributed by atoms with Crippen molar-refractivity contribution in [3.8, 4) is 5.82 Å². The van der Waals surface area contributed by atoms with E-state index in [4.69, 9.17) is 5.73 Å². The van der Waals surface area contributed by atoms with Gasteiger partial charge in [0, 0.05) is 4.88 Å². The first-order valence-electron chi connectivity index (χ1n) is 5.73. The van der Waals surface area contributed by atoms with Gasteiger partial charge in [0.15, 0.2) is 5.82 Å². The van der Waals surface area contributed by atoms with Crippen LogP contribution in [-0.2, 0) is 0 Å². The Kier molecular flexibility index (Phi) is 2.83. The Morgan fingerprint density at radius 1 is 1.26 bits per heavy atom. The van der Waals surface area contributed by atoms with Gasteiger partial charge in [0.1, 0.15) is 4.83 Å². The number of halogens is 1. The fourth-order valence-corrected chi connectivity index (χ4v) is 3.16. The molecule has 0 spiro atoms. The number of nitrogen functional groups attached to an aromatic ring is 1. The van der Waals surface area contributed by atoms with Crippen molar-refractivity contribution < 1.29 is 0 Å². The lowest BCUT2D eigenvalue weighted by Gasteiger charge is -2.05. The molecule has 0 aliphatic heterocycles. The van der Waals surface area contributed by atoms with Crippen LogP contribution in [-0.4, -0.2) is 19.7 Å². The topological polar surface area (TPSA) is 69.6 Å². The van der Waals surface area contributed by atoms with E-state index in [1.807, 2.05) is 25.5 Å². The summed E-state index contributed by atoms with van der Waals surface area (Å²) in [4.78, 5) is 10.7. The molecule has 0 fully saturated rings. The van der Waals surface area contributed by atoms with Gasteiger partial charge in [-0.1, -0.05) is 0 Å². The Hall–Kier alpha value is -1.47. The second kappa shape index (κ2) is 4.28. The van der Waals surface area contributed by atoms with Crippen LogP contribution >= 0.6 is 27.3 Å². The predicted molar refractivity (Wildman–Crippen MR) is 80.9 cm³/mol. The highest BCUT2D eigenvalue weighted by molar-refractivity contribution is 9.10. The third-order valence-electron chi connectivity index (χ3n) is 2.92. The molecule has 0 radical (unpaired) electrons. The number of aryl methyl sites for hydroxylation is 2. The largest absolute Gasteiger partial charge is 0.368 e. The van der Waals surface area contributed by atoms with Crippen molar-refractivity contribution >= 4 is 43.4 Å². The van der Waals surface area contributed by atoms with Gasteiger partial charge in [0.2, 0.25) is 5.95 Å². The molecule has 0 bridgehead atoms. The van der Waals surface area contributed by atoms with Gasteiger partial charge in [0.25, 0.3) is 0 Å². The molecule has 0 atom stereocenters. The van der Waals surface area contributed by atoms with Crippen LogP contribution in [0.4, 0.5) is 5.95 Å². The van der Waals surface area contributed by atoms with Crippen molar-refractivity contribution in [2.45, 2.75) is 20.8 Å². The SMILES string of the molecule is Cc1cc2c(-n3nc(C)c(Br)c3C)nc(N)nc2s1. The van der Waals surface area contributed by atoms with Gasteiger partial charge in [-0.25, -0.2) is 9.67 Å². The molecule has 0 saturated heterocycles. The lowest BCUT2D eigenvalue weighted by Crippen LogP contribution is -2.06. The average Bonchev–Trinajstić information content (AvgIpc) is 2.83. The van der Waals surface area contributed by atoms with Crippen molar-refractivity contribution in [3.05, 3.63) is 26.8 Å². The van der Waals surface area contributed by atoms with Gasteiger partial charge >= 0.3 is 0 Å². The Balaban J connectivity index is 2.38. The molecule has 0 aromatic carbocycles. The maximum atomic E-state index is 5.80. The molecule has 0 unspecified atom stereocenters. The van der Waals surface area contributed by atoms with Gasteiger partial charge in [-0.05, 0) is 42.8 Å². The van der Waals surface area contributed by atoms with Gasteiger partial charge in [-0.2, -0.15) is 10.1 Å². The average molecular weight is 338 g/mol. The number of fused-ring (bicyclic) bond motifs is 1. The zero-order chi connectivity index (χ0) is 13.7. The molecule has 0 aliphatic rings. The molecule has 0 amide bonds. The maximum Gasteiger partial charge on any atom is 0.223 e. The van der Waals surface area contributed by atoms with Crippen LogP contribution in [0, 0.1) is 20.8 Å². The normalized spacial score (nSPS) is 11.4. The van der Waals surface area contributed by atoms with Crippen LogP contribution in [0.5, 0.6) is 0 Å². The van der Waals surface area contributed by atoms with E-state index in [0.29, 0.717) is 0 Å². The summed E-state index contributed by atoms with van der Waals surface area (Å²) in [5.74, 6) is 1.01. The Morgan fingerprint density at radius 3 is 2.63 bits per heavy atom. The molecule has 3 heterocycles. The minimum Gasteiger partial charge on any atom is -0.368 e. The first kappa shape index (κ1) is 12.6. The number of anilines is 1. The van der Waals surface area contributed by atoms with Crippen LogP contribution < -0.4 is 5.73 Å². The van der Waals surface area contributed by atoms with E-state index in [1.54, 1.807) is 11.3 Å². The lowest BCUT2D eigenvalue weighted by atomic mass is 10.3. The van der Waals surface area contributed by atoms with Crippen molar-refractivity contribution in [2.75, 3.05) is 5.73 Å². The van der Waals surface area contributed by atoms with Crippen LogP contribution in [0.15, 0.2) is 10.5 Å². The molecular weight excluding hydrogens is 326 g/mol. The van der Waals surface area contributed by atoms with E-state index >= 15 is 0 Å². The highest BCUT2D eigenvalue weighted by atomic mass is 79.9. The molecule has 0 aliphatic carbocycles. The molecule has 3 aromatic rings. The minimum atomic E-state index is 0.271. The predicted octanol–water partition coefficient (Wildman–Crippen LogP) is 3.15. The molecule has 3 rings (SSSR count). The van der Waals surface area contributed by atoms with Crippen molar-refractivity contribution in [3.63, 3.8) is 0 Å². The molecule has 5 nitrogen and oxygen atoms in total. The first-order chi connectivity index (χ1) is 8.97. The number of hydrogen-bond donors (Lipinski definition) is 1. The number of thiophene rings is 1. The lowest BCUT2D eigenvalue weighted by molar-refractivity contribution is 0.812. The zero-order valence-corrected chi connectivity index (χ0v) is 13.1. The first-order valence-corrected chi connectivity index (χ1v) is 7.34. The number of nitrogens with zero attached hydrogens (tertiary/aromatic N) is 4. The third-order valence-corrected chi connectivity index (χ3v) is 5.01. The summed E-state index contributed by atoms with van der Waals surface area (Å²) in [5.41, 5.74) is 7.72. The summed E-state index contributed by atoms with van der Waals surface area (Å²) in [6.07, 6.45) is 0. The van der Waals surface area contributed by atoms with Crippen LogP contribution in [0.2, 0.25) is 0 Å². The monoisotopic (exact) mass is 337 g/mol. The van der Waals surface area contributed by atoms with Crippen LogP contribution in [0.1, 0.15) is 16.3 Å². The highest BCUT2D eigenvalue weighted by Crippen LogP contribution is 2.30. The van der Waals surface area contributed by atoms with Gasteiger partial charge in [-0.3, -0.25) is 0 Å². The van der Waals surface area contributed by atoms with Crippen molar-refractivity contribution in [1.82, 2.24) is 19.7 Å². The molecule has 2 N–H and O–H groups in total. The smallest absolute Gasteiger partial charge is 0.223 e. The Morgan fingerprint density at radius 2 is 2.00 bits per heavy atom. The summed E-state index contributed by atoms with van der Waals surface area (Å²) >= 11 is 5.14. The Labute approximate surface area is 122 Å². The molecule has 7 heteroatoms. The molecule has 0 saturated carbocycles. The summed E-state index contributed by atoms with van der Waals surface area (Å²) in [7, 11) is 0. The molecular formula is C12H12BrN5S. The van der Waals surface area contributed by atoms with Crippen molar-refractivity contribution in [1.29, 1.82) is 0 Å². The van der Waals surface area contributed by atoms with E-state index in [1.165, 1.54) is 4.88 Å². The summed E-state index contributed by atoms with van der Waals surface area (Å²) in [5, 5.41) is 5.49. The molecule has 98 valence electrons. The van der Waals surface area contributed by atoms with E-state index in [-0.39, 0.29) is 5.95 Å². The third kappa shape index (κ3) is 1.93. The quantitative estimate of drug-likeness (QED) is 0.740. The number of nitrogens with two attached hydrogens (primary N) is 1. The molecule has 19 heavy (non-hydrogen) atoms. The molecule has 3 aromatic heterocycles. The van der Waals surface area contributed by atoms with E-state index in [2.05, 4.69) is 37.1 Å². The van der Waals surface area contributed by atoms with Crippen molar-refractivity contribution in [2.24, 2.45) is 0 Å². The fraction of sp³-hybridized carbons (Fsp3) is 0.250. The second-order valence-corrected chi connectivity index (χ2v) is 6.41. The second-order valence-electron chi connectivity index (χ2n) is 4.38. The van der Waals surface area contributed by atoms with Gasteiger partial charge in [-0.15, -0.1) is 11.3 Å². The van der Waals surface area contributed by atoms with Crippen LogP contribution in [0.25, 0.3) is 16.0 Å². The summed E-state index contributed by atoms with van der Waals surface area (Å²) < 4.78 is 2.80.